The number of ether oxygens (including phenoxy) is 1. The molecule has 0 aromatic carbocycles. The van der Waals surface area contributed by atoms with Gasteiger partial charge >= 0.3 is 5.97 Å². The van der Waals surface area contributed by atoms with Crippen molar-refractivity contribution in [2.75, 3.05) is 13.1 Å². The minimum atomic E-state index is -0.0515. The average Bonchev–Trinajstić information content (AvgIpc) is 2.06. The summed E-state index contributed by atoms with van der Waals surface area (Å²) in [6.07, 6.45) is 3.38. The van der Waals surface area contributed by atoms with E-state index in [2.05, 4.69) is 5.32 Å². The first-order chi connectivity index (χ1) is 5.83. The van der Waals surface area contributed by atoms with Crippen molar-refractivity contribution in [3.8, 4) is 0 Å². The van der Waals surface area contributed by atoms with Gasteiger partial charge in [0, 0.05) is 19.5 Å². The van der Waals surface area contributed by atoms with Gasteiger partial charge < -0.3 is 4.74 Å². The molecule has 1 saturated heterocycles. The van der Waals surface area contributed by atoms with Crippen molar-refractivity contribution < 1.29 is 9.53 Å². The van der Waals surface area contributed by atoms with Crippen LogP contribution >= 0.6 is 0 Å². The van der Waals surface area contributed by atoms with Crippen LogP contribution in [0.3, 0.4) is 0 Å². The number of carbonyl (C=O) groups is 1. The molecule has 3 nitrogen and oxygen atoms in total. The lowest BCUT2D eigenvalue weighted by Gasteiger charge is -2.21. The highest BCUT2D eigenvalue weighted by Crippen LogP contribution is 2.09. The second-order valence-corrected chi connectivity index (χ2v) is 3.11. The third-order valence-corrected chi connectivity index (χ3v) is 1.97. The standard InChI is InChI=1S/C9H16NO2/c1-2-3-9(11)12-8-4-6-10-7-5-8/h8H,2-7H2,1H3. The van der Waals surface area contributed by atoms with Gasteiger partial charge in [0.15, 0.2) is 0 Å². The highest BCUT2D eigenvalue weighted by atomic mass is 16.5. The Balaban J connectivity index is 2.15. The normalized spacial score (nSPS) is 19.1. The summed E-state index contributed by atoms with van der Waals surface area (Å²) in [4.78, 5) is 11.1. The number of esters is 1. The fraction of sp³-hybridized carbons (Fsp3) is 0.889. The van der Waals surface area contributed by atoms with Gasteiger partial charge in [0.1, 0.15) is 6.10 Å². The monoisotopic (exact) mass is 170 g/mol. The molecule has 3 heteroatoms. The molecule has 1 fully saturated rings. The Morgan fingerprint density at radius 1 is 1.50 bits per heavy atom. The van der Waals surface area contributed by atoms with Gasteiger partial charge in [0.25, 0.3) is 0 Å². The van der Waals surface area contributed by atoms with Crippen molar-refractivity contribution in [2.24, 2.45) is 0 Å². The summed E-state index contributed by atoms with van der Waals surface area (Å²) in [6, 6.07) is 0. The van der Waals surface area contributed by atoms with Crippen LogP contribution in [0.15, 0.2) is 0 Å². The molecule has 0 amide bonds. The molecule has 1 aliphatic heterocycles. The van der Waals surface area contributed by atoms with E-state index in [4.69, 9.17) is 4.74 Å². The lowest BCUT2D eigenvalue weighted by Crippen LogP contribution is -2.30. The van der Waals surface area contributed by atoms with Crippen LogP contribution in [0.25, 0.3) is 0 Å². The number of hydrogen-bond donors (Lipinski definition) is 0. The first-order valence-corrected chi connectivity index (χ1v) is 4.65. The Bertz CT molecular complexity index is 141. The van der Waals surface area contributed by atoms with Gasteiger partial charge in [-0.15, -0.1) is 0 Å². The van der Waals surface area contributed by atoms with Crippen LogP contribution in [0, 0.1) is 0 Å². The summed E-state index contributed by atoms with van der Waals surface area (Å²) >= 11 is 0. The summed E-state index contributed by atoms with van der Waals surface area (Å²) < 4.78 is 5.23. The number of nitrogens with zero attached hydrogens (tertiary/aromatic N) is 1. The number of piperidine rings is 1. The zero-order valence-electron chi connectivity index (χ0n) is 7.58. The maximum atomic E-state index is 11.1. The molecule has 0 bridgehead atoms. The zero-order valence-corrected chi connectivity index (χ0v) is 7.58. The van der Waals surface area contributed by atoms with Crippen LogP contribution in [0.2, 0.25) is 0 Å². The molecule has 0 spiro atoms. The van der Waals surface area contributed by atoms with E-state index < -0.39 is 0 Å². The van der Waals surface area contributed by atoms with Gasteiger partial charge in [0.2, 0.25) is 0 Å². The number of rotatable bonds is 3. The van der Waals surface area contributed by atoms with Crippen LogP contribution < -0.4 is 5.32 Å². The summed E-state index contributed by atoms with van der Waals surface area (Å²) in [7, 11) is 0. The van der Waals surface area contributed by atoms with Gasteiger partial charge in [-0.2, -0.15) is 0 Å². The van der Waals surface area contributed by atoms with E-state index in [0.717, 1.165) is 32.4 Å². The molecular weight excluding hydrogens is 154 g/mol. The second kappa shape index (κ2) is 5.14. The van der Waals surface area contributed by atoms with Gasteiger partial charge in [0.05, 0.1) is 0 Å². The van der Waals surface area contributed by atoms with E-state index in [9.17, 15) is 4.79 Å². The first kappa shape index (κ1) is 9.52. The summed E-state index contributed by atoms with van der Waals surface area (Å²) in [5.41, 5.74) is 0. The van der Waals surface area contributed by atoms with E-state index in [0.29, 0.717) is 6.42 Å². The fourth-order valence-corrected chi connectivity index (χ4v) is 1.29. The first-order valence-electron chi connectivity index (χ1n) is 4.65. The predicted octanol–water partition coefficient (Wildman–Crippen LogP) is 1.10. The average molecular weight is 170 g/mol. The molecule has 0 aromatic heterocycles. The molecule has 0 unspecified atom stereocenters. The molecule has 0 N–H and O–H groups in total. The molecule has 1 heterocycles. The highest BCUT2D eigenvalue weighted by Gasteiger charge is 2.16. The molecule has 0 atom stereocenters. The van der Waals surface area contributed by atoms with Crippen LogP contribution in [0.1, 0.15) is 32.6 Å². The third kappa shape index (κ3) is 3.22. The van der Waals surface area contributed by atoms with E-state index in [-0.39, 0.29) is 12.1 Å². The third-order valence-electron chi connectivity index (χ3n) is 1.97. The Morgan fingerprint density at radius 2 is 2.17 bits per heavy atom. The van der Waals surface area contributed by atoms with E-state index >= 15 is 0 Å². The van der Waals surface area contributed by atoms with Crippen LogP contribution in [0.5, 0.6) is 0 Å². The molecule has 1 radical (unpaired) electrons. The maximum Gasteiger partial charge on any atom is 0.306 e. The summed E-state index contributed by atoms with van der Waals surface area (Å²) in [5.74, 6) is -0.0515. The molecule has 0 aromatic rings. The minimum absolute atomic E-state index is 0.0515. The Hall–Kier alpha value is -0.570. The van der Waals surface area contributed by atoms with Crippen molar-refractivity contribution >= 4 is 5.97 Å². The van der Waals surface area contributed by atoms with Crippen molar-refractivity contribution in [1.82, 2.24) is 5.32 Å². The molecule has 1 aliphatic rings. The van der Waals surface area contributed by atoms with Crippen molar-refractivity contribution in [2.45, 2.75) is 38.7 Å². The van der Waals surface area contributed by atoms with Crippen molar-refractivity contribution in [3.63, 3.8) is 0 Å². The predicted molar refractivity (Wildman–Crippen MR) is 45.9 cm³/mol. The Labute approximate surface area is 73.5 Å². The fourth-order valence-electron chi connectivity index (χ4n) is 1.29. The van der Waals surface area contributed by atoms with Gasteiger partial charge in [-0.3, -0.25) is 4.79 Å². The van der Waals surface area contributed by atoms with Gasteiger partial charge in [-0.25, -0.2) is 5.32 Å². The second-order valence-electron chi connectivity index (χ2n) is 3.11. The van der Waals surface area contributed by atoms with E-state index in [1.165, 1.54) is 0 Å². The Kier molecular flexibility index (Phi) is 4.08. The zero-order chi connectivity index (χ0) is 8.81. The Morgan fingerprint density at radius 3 is 2.75 bits per heavy atom. The van der Waals surface area contributed by atoms with Gasteiger partial charge in [-0.05, 0) is 19.3 Å². The smallest absolute Gasteiger partial charge is 0.306 e. The molecule has 0 aliphatic carbocycles. The molecule has 0 saturated carbocycles. The largest absolute Gasteiger partial charge is 0.462 e. The lowest BCUT2D eigenvalue weighted by molar-refractivity contribution is -0.150. The van der Waals surface area contributed by atoms with Crippen LogP contribution in [0.4, 0.5) is 0 Å². The maximum absolute atomic E-state index is 11.1. The van der Waals surface area contributed by atoms with Gasteiger partial charge in [-0.1, -0.05) is 6.92 Å². The van der Waals surface area contributed by atoms with E-state index in [1.54, 1.807) is 0 Å². The summed E-state index contributed by atoms with van der Waals surface area (Å²) in [6.45, 7) is 3.69. The number of carbonyl (C=O) groups excluding carboxylic acids is 1. The molecule has 69 valence electrons. The topological polar surface area (TPSA) is 40.4 Å². The summed E-state index contributed by atoms with van der Waals surface area (Å²) in [5, 5.41) is 4.19. The molecule has 1 rings (SSSR count). The van der Waals surface area contributed by atoms with Crippen molar-refractivity contribution in [1.29, 1.82) is 0 Å². The van der Waals surface area contributed by atoms with Crippen LogP contribution in [-0.2, 0) is 9.53 Å². The van der Waals surface area contributed by atoms with E-state index in [1.807, 2.05) is 6.92 Å². The highest BCUT2D eigenvalue weighted by molar-refractivity contribution is 5.69. The van der Waals surface area contributed by atoms with Crippen LogP contribution in [-0.4, -0.2) is 25.2 Å². The quantitative estimate of drug-likeness (QED) is 0.595. The van der Waals surface area contributed by atoms with Crippen molar-refractivity contribution in [3.05, 3.63) is 0 Å². The molecule has 12 heavy (non-hydrogen) atoms. The SMILES string of the molecule is CCCC(=O)OC1CC[N]CC1. The molecular formula is C9H16NO2. The lowest BCUT2D eigenvalue weighted by atomic mass is 10.1. The number of hydrogen-bond acceptors (Lipinski definition) is 2. The minimum Gasteiger partial charge on any atom is -0.462 e.